The highest BCUT2D eigenvalue weighted by atomic mass is 16.7. The van der Waals surface area contributed by atoms with E-state index in [0.29, 0.717) is 12.1 Å². The van der Waals surface area contributed by atoms with Gasteiger partial charge < -0.3 is 19.4 Å². The van der Waals surface area contributed by atoms with Crippen molar-refractivity contribution in [3.05, 3.63) is 58.0 Å². The molecule has 4 rings (SSSR count). The van der Waals surface area contributed by atoms with Crippen molar-refractivity contribution < 1.29 is 14.3 Å². The van der Waals surface area contributed by atoms with E-state index in [9.17, 15) is 9.59 Å². The molecule has 2 aliphatic rings. The predicted octanol–water partition coefficient (Wildman–Crippen LogP) is 2.08. The first-order valence-corrected chi connectivity index (χ1v) is 7.61. The molecule has 0 saturated carbocycles. The van der Waals surface area contributed by atoms with Gasteiger partial charge in [0.2, 0.25) is 12.4 Å². The Balaban J connectivity index is 1.62. The van der Waals surface area contributed by atoms with Crippen LogP contribution in [0.25, 0.3) is 0 Å². The van der Waals surface area contributed by atoms with Crippen molar-refractivity contribution in [1.29, 1.82) is 0 Å². The fourth-order valence-corrected chi connectivity index (χ4v) is 3.19. The number of nitrogens with zero attached hydrogens (tertiary/aromatic N) is 1. The molecule has 23 heavy (non-hydrogen) atoms. The second-order valence-electron chi connectivity index (χ2n) is 5.71. The Morgan fingerprint density at radius 2 is 2.04 bits per heavy atom. The molecule has 1 N–H and O–H groups in total. The Hall–Kier alpha value is -2.76. The van der Waals surface area contributed by atoms with Gasteiger partial charge in [-0.1, -0.05) is 6.07 Å². The van der Waals surface area contributed by atoms with Crippen LogP contribution in [0.1, 0.15) is 34.8 Å². The number of hydrogen-bond donors (Lipinski definition) is 1. The van der Waals surface area contributed by atoms with Crippen molar-refractivity contribution >= 4 is 5.91 Å². The van der Waals surface area contributed by atoms with Crippen LogP contribution < -0.4 is 15.0 Å². The summed E-state index contributed by atoms with van der Waals surface area (Å²) in [6.07, 6.45) is 3.34. The second-order valence-corrected chi connectivity index (χ2v) is 5.71. The number of nitrogens with one attached hydrogen (secondary N) is 1. The monoisotopic (exact) mass is 312 g/mol. The maximum Gasteiger partial charge on any atom is 0.255 e. The minimum absolute atomic E-state index is 0.0175. The summed E-state index contributed by atoms with van der Waals surface area (Å²) in [7, 11) is 0. The molecular weight excluding hydrogens is 296 g/mol. The maximum absolute atomic E-state index is 12.7. The van der Waals surface area contributed by atoms with Gasteiger partial charge in [-0.3, -0.25) is 9.59 Å². The minimum Gasteiger partial charge on any atom is -0.454 e. The average molecular weight is 312 g/mol. The van der Waals surface area contributed by atoms with Crippen LogP contribution >= 0.6 is 0 Å². The lowest BCUT2D eigenvalue weighted by atomic mass is 10.0. The number of aromatic amines is 1. The Kier molecular flexibility index (Phi) is 3.29. The molecule has 1 aromatic heterocycles. The summed E-state index contributed by atoms with van der Waals surface area (Å²) in [6.45, 7) is 0.945. The lowest BCUT2D eigenvalue weighted by Crippen LogP contribution is -2.31. The summed E-state index contributed by atoms with van der Waals surface area (Å²) in [4.78, 5) is 28.3. The van der Waals surface area contributed by atoms with E-state index < -0.39 is 0 Å². The van der Waals surface area contributed by atoms with E-state index >= 15 is 0 Å². The van der Waals surface area contributed by atoms with Crippen LogP contribution in [-0.2, 0) is 0 Å². The zero-order valence-corrected chi connectivity index (χ0v) is 12.5. The van der Waals surface area contributed by atoms with Gasteiger partial charge in [-0.15, -0.1) is 0 Å². The Labute approximate surface area is 132 Å². The number of H-pyrrole nitrogens is 1. The first kappa shape index (κ1) is 13.9. The summed E-state index contributed by atoms with van der Waals surface area (Å²) < 4.78 is 10.8. The molecule has 0 bridgehead atoms. The standard InChI is InChI=1S/C17H16N2O4/c20-16-6-4-12(9-18-16)17(21)19-7-1-2-13(19)11-3-5-14-15(8-11)23-10-22-14/h3-6,8-9,13H,1-2,7,10H2,(H,18,20)/t13-/m0/s1. The van der Waals surface area contributed by atoms with Gasteiger partial charge in [-0.05, 0) is 36.6 Å². The third-order valence-electron chi connectivity index (χ3n) is 4.33. The molecule has 0 aliphatic carbocycles. The van der Waals surface area contributed by atoms with Gasteiger partial charge in [-0.25, -0.2) is 0 Å². The Morgan fingerprint density at radius 1 is 1.17 bits per heavy atom. The van der Waals surface area contributed by atoms with Gasteiger partial charge >= 0.3 is 0 Å². The van der Waals surface area contributed by atoms with Crippen LogP contribution in [-0.4, -0.2) is 29.1 Å². The summed E-state index contributed by atoms with van der Waals surface area (Å²) in [5, 5.41) is 0. The van der Waals surface area contributed by atoms with Crippen LogP contribution in [0, 0.1) is 0 Å². The molecule has 2 aliphatic heterocycles. The molecule has 0 radical (unpaired) electrons. The molecule has 3 heterocycles. The summed E-state index contributed by atoms with van der Waals surface area (Å²) in [5.74, 6) is 1.40. The Bertz CT molecular complexity index is 794. The number of amides is 1. The van der Waals surface area contributed by atoms with Gasteiger partial charge in [0.25, 0.3) is 5.91 Å². The molecular formula is C17H16N2O4. The number of rotatable bonds is 2. The third-order valence-corrected chi connectivity index (χ3v) is 4.33. The number of ether oxygens (including phenoxy) is 2. The molecule has 2 aromatic rings. The normalized spacial score (nSPS) is 19.1. The molecule has 1 amide bonds. The van der Waals surface area contributed by atoms with Crippen molar-refractivity contribution in [1.82, 2.24) is 9.88 Å². The fourth-order valence-electron chi connectivity index (χ4n) is 3.19. The van der Waals surface area contributed by atoms with Crippen molar-refractivity contribution in [3.63, 3.8) is 0 Å². The summed E-state index contributed by atoms with van der Waals surface area (Å²) >= 11 is 0. The molecule has 1 saturated heterocycles. The Morgan fingerprint density at radius 3 is 2.87 bits per heavy atom. The molecule has 1 fully saturated rings. The van der Waals surface area contributed by atoms with Crippen molar-refractivity contribution in [2.75, 3.05) is 13.3 Å². The number of aromatic nitrogens is 1. The summed E-state index contributed by atoms with van der Waals surface area (Å²) in [6, 6.07) is 8.78. The first-order chi connectivity index (χ1) is 11.2. The number of carbonyl (C=O) groups excluding carboxylic acids is 1. The minimum atomic E-state index is -0.213. The van der Waals surface area contributed by atoms with Crippen LogP contribution in [0.2, 0.25) is 0 Å². The molecule has 1 atom stereocenters. The predicted molar refractivity (Wildman–Crippen MR) is 82.6 cm³/mol. The van der Waals surface area contributed by atoms with E-state index in [2.05, 4.69) is 4.98 Å². The average Bonchev–Trinajstić information content (AvgIpc) is 3.23. The fraction of sp³-hybridized carbons (Fsp3) is 0.294. The molecule has 6 heteroatoms. The first-order valence-electron chi connectivity index (χ1n) is 7.61. The SMILES string of the molecule is O=C(c1ccc(=O)[nH]c1)N1CCC[C@H]1c1ccc2c(c1)OCO2. The van der Waals surface area contributed by atoms with E-state index in [1.165, 1.54) is 12.3 Å². The van der Waals surface area contributed by atoms with Crippen molar-refractivity contribution in [2.24, 2.45) is 0 Å². The molecule has 0 unspecified atom stereocenters. The van der Waals surface area contributed by atoms with E-state index in [4.69, 9.17) is 9.47 Å². The highest BCUT2D eigenvalue weighted by Gasteiger charge is 2.31. The highest BCUT2D eigenvalue weighted by molar-refractivity contribution is 5.94. The lowest BCUT2D eigenvalue weighted by molar-refractivity contribution is 0.0735. The van der Waals surface area contributed by atoms with Crippen LogP contribution in [0.5, 0.6) is 11.5 Å². The van der Waals surface area contributed by atoms with E-state index in [1.807, 2.05) is 23.1 Å². The topological polar surface area (TPSA) is 71.6 Å². The quantitative estimate of drug-likeness (QED) is 0.921. The van der Waals surface area contributed by atoms with Crippen LogP contribution in [0.4, 0.5) is 0 Å². The largest absolute Gasteiger partial charge is 0.454 e. The summed E-state index contributed by atoms with van der Waals surface area (Å²) in [5.41, 5.74) is 1.33. The molecule has 0 spiro atoms. The van der Waals surface area contributed by atoms with Crippen molar-refractivity contribution in [2.45, 2.75) is 18.9 Å². The molecule has 1 aromatic carbocycles. The smallest absolute Gasteiger partial charge is 0.255 e. The number of pyridine rings is 1. The van der Waals surface area contributed by atoms with Crippen LogP contribution in [0.15, 0.2) is 41.3 Å². The number of carbonyl (C=O) groups is 1. The van der Waals surface area contributed by atoms with Crippen LogP contribution in [0.3, 0.4) is 0 Å². The number of hydrogen-bond acceptors (Lipinski definition) is 4. The van der Waals surface area contributed by atoms with Gasteiger partial charge in [-0.2, -0.15) is 0 Å². The van der Waals surface area contributed by atoms with Crippen molar-refractivity contribution in [3.8, 4) is 11.5 Å². The molecule has 118 valence electrons. The maximum atomic E-state index is 12.7. The van der Waals surface area contributed by atoms with E-state index in [1.54, 1.807) is 6.07 Å². The van der Waals surface area contributed by atoms with E-state index in [0.717, 1.165) is 29.9 Å². The highest BCUT2D eigenvalue weighted by Crippen LogP contribution is 2.39. The number of benzene rings is 1. The zero-order chi connectivity index (χ0) is 15.8. The van der Waals surface area contributed by atoms with Gasteiger partial charge in [0.15, 0.2) is 11.5 Å². The van der Waals surface area contributed by atoms with Gasteiger partial charge in [0.1, 0.15) is 0 Å². The number of fused-ring (bicyclic) bond motifs is 1. The number of likely N-dealkylation sites (tertiary alicyclic amines) is 1. The molecule has 6 nitrogen and oxygen atoms in total. The zero-order valence-electron chi connectivity index (χ0n) is 12.5. The lowest BCUT2D eigenvalue weighted by Gasteiger charge is -2.25. The van der Waals surface area contributed by atoms with Gasteiger partial charge in [0, 0.05) is 18.8 Å². The van der Waals surface area contributed by atoms with Gasteiger partial charge in [0.05, 0.1) is 11.6 Å². The second kappa shape index (κ2) is 5.46. The third kappa shape index (κ3) is 2.46. The van der Waals surface area contributed by atoms with E-state index in [-0.39, 0.29) is 24.3 Å².